The van der Waals surface area contributed by atoms with E-state index in [2.05, 4.69) is 5.32 Å². The SMILES string of the molecule is Cc1ccc(C(C)NCc2ccc(C(=O)O)s2)cc1F. The maximum absolute atomic E-state index is 13.5. The minimum Gasteiger partial charge on any atom is -0.477 e. The molecule has 1 unspecified atom stereocenters. The van der Waals surface area contributed by atoms with Crippen LogP contribution < -0.4 is 5.32 Å². The van der Waals surface area contributed by atoms with Crippen molar-refractivity contribution in [1.82, 2.24) is 5.32 Å². The number of hydrogen-bond donors (Lipinski definition) is 2. The lowest BCUT2D eigenvalue weighted by Gasteiger charge is -2.14. The summed E-state index contributed by atoms with van der Waals surface area (Å²) in [6, 6.07) is 8.58. The van der Waals surface area contributed by atoms with E-state index < -0.39 is 5.97 Å². The van der Waals surface area contributed by atoms with E-state index in [9.17, 15) is 9.18 Å². The molecule has 2 N–H and O–H groups in total. The molecule has 0 saturated carbocycles. The van der Waals surface area contributed by atoms with Gasteiger partial charge in [0.2, 0.25) is 0 Å². The molecule has 1 aromatic carbocycles. The molecule has 0 saturated heterocycles. The minimum absolute atomic E-state index is 0.000443. The standard InChI is InChI=1S/C15H16FNO2S/c1-9-3-4-11(7-13(9)16)10(2)17-8-12-5-6-14(20-12)15(18)19/h3-7,10,17H,8H2,1-2H3,(H,18,19). The van der Waals surface area contributed by atoms with Gasteiger partial charge >= 0.3 is 5.97 Å². The van der Waals surface area contributed by atoms with Crippen molar-refractivity contribution in [3.8, 4) is 0 Å². The Morgan fingerprint density at radius 1 is 1.40 bits per heavy atom. The molecule has 3 nitrogen and oxygen atoms in total. The van der Waals surface area contributed by atoms with Crippen LogP contribution in [0.5, 0.6) is 0 Å². The van der Waals surface area contributed by atoms with Crippen molar-refractivity contribution in [2.24, 2.45) is 0 Å². The summed E-state index contributed by atoms with van der Waals surface area (Å²) in [5.74, 6) is -1.12. The van der Waals surface area contributed by atoms with Crippen molar-refractivity contribution in [3.05, 3.63) is 57.0 Å². The second-order valence-electron chi connectivity index (χ2n) is 4.68. The normalized spacial score (nSPS) is 12.3. The summed E-state index contributed by atoms with van der Waals surface area (Å²) < 4.78 is 13.5. The number of benzene rings is 1. The minimum atomic E-state index is -0.907. The first-order chi connectivity index (χ1) is 9.47. The first kappa shape index (κ1) is 14.7. The van der Waals surface area contributed by atoms with Crippen LogP contribution in [0.25, 0.3) is 0 Å². The molecular formula is C15H16FNO2S. The third-order valence-corrected chi connectivity index (χ3v) is 4.22. The molecule has 0 aliphatic carbocycles. The molecule has 5 heteroatoms. The van der Waals surface area contributed by atoms with Gasteiger partial charge in [-0.15, -0.1) is 11.3 Å². The number of carbonyl (C=O) groups is 1. The molecule has 0 fully saturated rings. The summed E-state index contributed by atoms with van der Waals surface area (Å²) in [4.78, 5) is 12.1. The number of halogens is 1. The van der Waals surface area contributed by atoms with Gasteiger partial charge in [-0.1, -0.05) is 12.1 Å². The Bertz CT molecular complexity index is 624. The van der Waals surface area contributed by atoms with Gasteiger partial charge in [0, 0.05) is 17.5 Å². The molecular weight excluding hydrogens is 277 g/mol. The van der Waals surface area contributed by atoms with Gasteiger partial charge in [0.05, 0.1) is 0 Å². The lowest BCUT2D eigenvalue weighted by Crippen LogP contribution is -2.17. The third kappa shape index (κ3) is 3.43. The van der Waals surface area contributed by atoms with E-state index in [4.69, 9.17) is 5.11 Å². The number of aryl methyl sites for hydroxylation is 1. The van der Waals surface area contributed by atoms with Crippen molar-refractivity contribution >= 4 is 17.3 Å². The summed E-state index contributed by atoms with van der Waals surface area (Å²) in [5, 5.41) is 12.1. The van der Waals surface area contributed by atoms with Gasteiger partial charge in [-0.25, -0.2) is 9.18 Å². The van der Waals surface area contributed by atoms with Crippen molar-refractivity contribution in [3.63, 3.8) is 0 Å². The van der Waals surface area contributed by atoms with Gasteiger partial charge < -0.3 is 10.4 Å². The quantitative estimate of drug-likeness (QED) is 0.882. The number of carboxylic acid groups (broad SMARTS) is 1. The topological polar surface area (TPSA) is 49.3 Å². The molecule has 0 spiro atoms. The number of rotatable bonds is 5. The molecule has 0 bridgehead atoms. The molecule has 2 rings (SSSR count). The maximum Gasteiger partial charge on any atom is 0.345 e. The Labute approximate surface area is 121 Å². The molecule has 0 aliphatic heterocycles. The van der Waals surface area contributed by atoms with Crippen molar-refractivity contribution in [2.75, 3.05) is 0 Å². The van der Waals surface area contributed by atoms with E-state index in [1.807, 2.05) is 13.0 Å². The number of carboxylic acids is 1. The zero-order chi connectivity index (χ0) is 14.7. The molecule has 0 amide bonds. The lowest BCUT2D eigenvalue weighted by molar-refractivity contribution is 0.0702. The van der Waals surface area contributed by atoms with Gasteiger partial charge in [-0.05, 0) is 43.2 Å². The summed E-state index contributed by atoms with van der Waals surface area (Å²) in [7, 11) is 0. The highest BCUT2D eigenvalue weighted by atomic mass is 32.1. The largest absolute Gasteiger partial charge is 0.477 e. The predicted octanol–water partition coefficient (Wildman–Crippen LogP) is 3.74. The third-order valence-electron chi connectivity index (χ3n) is 3.15. The smallest absolute Gasteiger partial charge is 0.345 e. The van der Waals surface area contributed by atoms with Gasteiger partial charge in [-0.3, -0.25) is 0 Å². The van der Waals surface area contributed by atoms with Crippen LogP contribution in [0.15, 0.2) is 30.3 Å². The fraction of sp³-hybridized carbons (Fsp3) is 0.267. The van der Waals surface area contributed by atoms with Crippen LogP contribution in [-0.4, -0.2) is 11.1 Å². The molecule has 1 heterocycles. The molecule has 1 atom stereocenters. The Balaban J connectivity index is 1.98. The molecule has 20 heavy (non-hydrogen) atoms. The lowest BCUT2D eigenvalue weighted by atomic mass is 10.1. The van der Waals surface area contributed by atoms with E-state index in [0.29, 0.717) is 17.0 Å². The van der Waals surface area contributed by atoms with Gasteiger partial charge in [-0.2, -0.15) is 0 Å². The van der Waals surface area contributed by atoms with Gasteiger partial charge in [0.25, 0.3) is 0 Å². The monoisotopic (exact) mass is 293 g/mol. The molecule has 106 valence electrons. The Morgan fingerprint density at radius 2 is 2.15 bits per heavy atom. The fourth-order valence-corrected chi connectivity index (χ4v) is 2.64. The summed E-state index contributed by atoms with van der Waals surface area (Å²) in [6.07, 6.45) is 0. The number of thiophene rings is 1. The molecule has 0 radical (unpaired) electrons. The second kappa shape index (κ2) is 6.15. The van der Waals surface area contributed by atoms with Gasteiger partial charge in [0.1, 0.15) is 10.7 Å². The summed E-state index contributed by atoms with van der Waals surface area (Å²) >= 11 is 1.25. The highest BCUT2D eigenvalue weighted by molar-refractivity contribution is 7.13. The van der Waals surface area contributed by atoms with Crippen molar-refractivity contribution in [2.45, 2.75) is 26.4 Å². The van der Waals surface area contributed by atoms with E-state index >= 15 is 0 Å². The first-order valence-corrected chi connectivity index (χ1v) is 7.10. The van der Waals surface area contributed by atoms with Crippen LogP contribution in [0.3, 0.4) is 0 Å². The Kier molecular flexibility index (Phi) is 4.52. The number of nitrogens with one attached hydrogen (secondary N) is 1. The average Bonchev–Trinajstić information content (AvgIpc) is 2.88. The van der Waals surface area contributed by atoms with Gasteiger partial charge in [0.15, 0.2) is 0 Å². The van der Waals surface area contributed by atoms with Crippen LogP contribution in [0.2, 0.25) is 0 Å². The molecule has 1 aromatic heterocycles. The van der Waals surface area contributed by atoms with Crippen molar-refractivity contribution < 1.29 is 14.3 Å². The van der Waals surface area contributed by atoms with Crippen LogP contribution in [0.1, 0.15) is 38.6 Å². The van der Waals surface area contributed by atoms with E-state index in [1.54, 1.807) is 25.1 Å². The Morgan fingerprint density at radius 3 is 2.75 bits per heavy atom. The zero-order valence-electron chi connectivity index (χ0n) is 11.3. The summed E-state index contributed by atoms with van der Waals surface area (Å²) in [5.41, 5.74) is 1.51. The summed E-state index contributed by atoms with van der Waals surface area (Å²) in [6.45, 7) is 4.25. The molecule has 0 aliphatic rings. The highest BCUT2D eigenvalue weighted by Gasteiger charge is 2.10. The van der Waals surface area contributed by atoms with Crippen LogP contribution in [0, 0.1) is 12.7 Å². The van der Waals surface area contributed by atoms with Crippen LogP contribution in [0.4, 0.5) is 4.39 Å². The highest BCUT2D eigenvalue weighted by Crippen LogP contribution is 2.19. The number of aromatic carboxylic acids is 1. The van der Waals surface area contributed by atoms with Crippen LogP contribution >= 0.6 is 11.3 Å². The van der Waals surface area contributed by atoms with E-state index in [-0.39, 0.29) is 11.9 Å². The molecule has 2 aromatic rings. The fourth-order valence-electron chi connectivity index (χ4n) is 1.84. The number of hydrogen-bond acceptors (Lipinski definition) is 3. The Hall–Kier alpha value is -1.72. The second-order valence-corrected chi connectivity index (χ2v) is 5.85. The van der Waals surface area contributed by atoms with E-state index in [0.717, 1.165) is 10.4 Å². The predicted molar refractivity (Wildman–Crippen MR) is 77.7 cm³/mol. The zero-order valence-corrected chi connectivity index (χ0v) is 12.1. The van der Waals surface area contributed by atoms with E-state index in [1.165, 1.54) is 17.4 Å². The van der Waals surface area contributed by atoms with Crippen molar-refractivity contribution in [1.29, 1.82) is 0 Å². The van der Waals surface area contributed by atoms with Crippen LogP contribution in [-0.2, 0) is 6.54 Å². The first-order valence-electron chi connectivity index (χ1n) is 6.29. The maximum atomic E-state index is 13.5. The average molecular weight is 293 g/mol.